The fourth-order valence-corrected chi connectivity index (χ4v) is 3.25. The lowest BCUT2D eigenvalue weighted by molar-refractivity contribution is -0.116. The second-order valence-corrected chi connectivity index (χ2v) is 6.49. The zero-order chi connectivity index (χ0) is 12.4. The van der Waals surface area contributed by atoms with Crippen LogP contribution in [0.25, 0.3) is 0 Å². The molecule has 1 saturated carbocycles. The number of thioether (sulfide) groups is 1. The molecule has 1 amide bonds. The number of carbonyl (C=O) groups is 1. The van der Waals surface area contributed by atoms with Gasteiger partial charge in [0.15, 0.2) is 4.34 Å². The van der Waals surface area contributed by atoms with Crippen LogP contribution in [0.2, 0.25) is 0 Å². The second-order valence-electron chi connectivity index (χ2n) is 3.78. The molecule has 1 aliphatic rings. The molecule has 0 spiro atoms. The molecule has 0 atom stereocenters. The number of aromatic nitrogens is 2. The summed E-state index contributed by atoms with van der Waals surface area (Å²) in [6, 6.07) is 0.321. The first-order valence-electron chi connectivity index (χ1n) is 5.17. The molecule has 0 unspecified atom stereocenters. The minimum Gasteiger partial charge on any atom is -0.284 e. The van der Waals surface area contributed by atoms with Crippen LogP contribution in [0.1, 0.15) is 19.8 Å². The average Bonchev–Trinajstić information content (AvgIpc) is 2.94. The molecule has 0 aromatic carbocycles. The van der Waals surface area contributed by atoms with Crippen LogP contribution < -0.4 is 4.90 Å². The maximum absolute atomic E-state index is 11.5. The number of halogens is 1. The third-order valence-electron chi connectivity index (χ3n) is 2.21. The summed E-state index contributed by atoms with van der Waals surface area (Å²) in [5, 5.41) is 9.36. The van der Waals surface area contributed by atoms with Crippen LogP contribution in [0.3, 0.4) is 0 Å². The predicted octanol–water partition coefficient (Wildman–Crippen LogP) is 2.90. The minimum atomic E-state index is 0.0296. The molecule has 92 valence electrons. The first-order chi connectivity index (χ1) is 8.08. The van der Waals surface area contributed by atoms with Crippen molar-refractivity contribution in [2.75, 3.05) is 10.7 Å². The Labute approximate surface area is 113 Å². The van der Waals surface area contributed by atoms with Gasteiger partial charge >= 0.3 is 0 Å². The summed E-state index contributed by atoms with van der Waals surface area (Å²) in [4.78, 5) is 13.3. The number of hydrogen-bond donors (Lipinski definition) is 0. The van der Waals surface area contributed by atoms with Crippen molar-refractivity contribution < 1.29 is 4.79 Å². The predicted molar refractivity (Wildman–Crippen MR) is 71.8 cm³/mol. The number of nitrogens with zero attached hydrogens (tertiary/aromatic N) is 3. The largest absolute Gasteiger partial charge is 0.284 e. The van der Waals surface area contributed by atoms with Crippen LogP contribution in [-0.4, -0.2) is 27.9 Å². The molecule has 1 aromatic heterocycles. The second kappa shape index (κ2) is 5.37. The van der Waals surface area contributed by atoms with Crippen molar-refractivity contribution in [3.05, 3.63) is 11.6 Å². The van der Waals surface area contributed by atoms with E-state index in [9.17, 15) is 4.79 Å². The maximum Gasteiger partial charge on any atom is 0.225 e. The summed E-state index contributed by atoms with van der Waals surface area (Å²) in [7, 11) is 0. The van der Waals surface area contributed by atoms with Gasteiger partial charge in [-0.25, -0.2) is 0 Å². The molecule has 1 fully saturated rings. The Hall–Kier alpha value is -0.590. The van der Waals surface area contributed by atoms with Gasteiger partial charge in [-0.15, -0.1) is 10.2 Å². The summed E-state index contributed by atoms with van der Waals surface area (Å²) in [5.41, 5.74) is 0. The first-order valence-corrected chi connectivity index (χ1v) is 7.35. The van der Waals surface area contributed by atoms with Gasteiger partial charge < -0.3 is 0 Å². The molecule has 1 aliphatic carbocycles. The Morgan fingerprint density at radius 3 is 2.88 bits per heavy atom. The van der Waals surface area contributed by atoms with E-state index >= 15 is 0 Å². The highest BCUT2D eigenvalue weighted by molar-refractivity contribution is 8.01. The average molecular weight is 290 g/mol. The van der Waals surface area contributed by atoms with E-state index in [0.717, 1.165) is 17.2 Å². The number of carbonyl (C=O) groups excluding carboxylic acids is 1. The van der Waals surface area contributed by atoms with Crippen molar-refractivity contribution in [2.45, 2.75) is 30.1 Å². The fraction of sp³-hybridized carbons (Fsp3) is 0.500. The lowest BCUT2D eigenvalue weighted by atomic mass is 10.5. The van der Waals surface area contributed by atoms with E-state index in [2.05, 4.69) is 16.8 Å². The van der Waals surface area contributed by atoms with Gasteiger partial charge in [-0.1, -0.05) is 41.3 Å². The highest BCUT2D eigenvalue weighted by Crippen LogP contribution is 2.36. The van der Waals surface area contributed by atoms with Crippen molar-refractivity contribution in [2.24, 2.45) is 0 Å². The van der Waals surface area contributed by atoms with Crippen molar-refractivity contribution in [1.82, 2.24) is 10.2 Å². The van der Waals surface area contributed by atoms with Gasteiger partial charge in [0, 0.05) is 23.8 Å². The number of rotatable bonds is 5. The van der Waals surface area contributed by atoms with Gasteiger partial charge in [-0.05, 0) is 12.8 Å². The van der Waals surface area contributed by atoms with Gasteiger partial charge in [0.25, 0.3) is 0 Å². The van der Waals surface area contributed by atoms with E-state index in [4.69, 9.17) is 11.6 Å². The molecule has 2 rings (SSSR count). The van der Waals surface area contributed by atoms with Gasteiger partial charge in [0.2, 0.25) is 11.0 Å². The standard InChI is InChI=1S/C10H12ClN3OS2/c1-6(11)5-16-10-13-12-9(17-10)14(7(2)15)8-3-4-8/h8H,1,3-5H2,2H3. The van der Waals surface area contributed by atoms with E-state index in [-0.39, 0.29) is 5.91 Å². The third-order valence-corrected chi connectivity index (χ3v) is 4.64. The summed E-state index contributed by atoms with van der Waals surface area (Å²) in [6.45, 7) is 5.18. The van der Waals surface area contributed by atoms with Crippen LogP contribution in [-0.2, 0) is 4.79 Å². The highest BCUT2D eigenvalue weighted by atomic mass is 35.5. The summed E-state index contributed by atoms with van der Waals surface area (Å²) in [5.74, 6) is 0.640. The lowest BCUT2D eigenvalue weighted by Gasteiger charge is -2.15. The molecule has 7 heteroatoms. The maximum atomic E-state index is 11.5. The molecule has 0 N–H and O–H groups in total. The van der Waals surface area contributed by atoms with E-state index in [1.54, 1.807) is 11.8 Å². The molecule has 1 aromatic rings. The smallest absolute Gasteiger partial charge is 0.225 e. The van der Waals surface area contributed by atoms with Crippen molar-refractivity contribution in [3.8, 4) is 0 Å². The summed E-state index contributed by atoms with van der Waals surface area (Å²) < 4.78 is 0.814. The van der Waals surface area contributed by atoms with Crippen molar-refractivity contribution >= 4 is 45.7 Å². The van der Waals surface area contributed by atoms with Gasteiger partial charge in [0.1, 0.15) is 0 Å². The number of hydrogen-bond acceptors (Lipinski definition) is 5. The lowest BCUT2D eigenvalue weighted by Crippen LogP contribution is -2.30. The van der Waals surface area contributed by atoms with Gasteiger partial charge in [-0.2, -0.15) is 0 Å². The minimum absolute atomic E-state index is 0.0296. The van der Waals surface area contributed by atoms with E-state index < -0.39 is 0 Å². The molecular weight excluding hydrogens is 278 g/mol. The van der Waals surface area contributed by atoms with Crippen LogP contribution >= 0.6 is 34.7 Å². The fourth-order valence-electron chi connectivity index (χ4n) is 1.38. The SMILES string of the molecule is C=C(Cl)CSc1nnc(N(C(C)=O)C2CC2)s1. The zero-order valence-corrected chi connectivity index (χ0v) is 11.7. The molecule has 0 bridgehead atoms. The molecule has 0 radical (unpaired) electrons. The normalized spacial score (nSPS) is 14.7. The van der Waals surface area contributed by atoms with Crippen LogP contribution in [0.15, 0.2) is 16.0 Å². The molecule has 0 saturated heterocycles. The first kappa shape index (κ1) is 12.9. The molecule has 17 heavy (non-hydrogen) atoms. The summed E-state index contributed by atoms with van der Waals surface area (Å²) >= 11 is 8.60. The number of amides is 1. The van der Waals surface area contributed by atoms with Crippen LogP contribution in [0, 0.1) is 0 Å². The third kappa shape index (κ3) is 3.43. The molecular formula is C10H12ClN3OS2. The quantitative estimate of drug-likeness (QED) is 0.618. The Morgan fingerprint density at radius 2 is 2.35 bits per heavy atom. The zero-order valence-electron chi connectivity index (χ0n) is 9.35. The number of anilines is 1. The topological polar surface area (TPSA) is 46.1 Å². The Bertz CT molecular complexity index is 445. The van der Waals surface area contributed by atoms with E-state index in [1.165, 1.54) is 23.1 Å². The molecule has 1 heterocycles. The monoisotopic (exact) mass is 289 g/mol. The summed E-state index contributed by atoms with van der Waals surface area (Å²) in [6.07, 6.45) is 2.11. The van der Waals surface area contributed by atoms with Crippen LogP contribution in [0.4, 0.5) is 5.13 Å². The van der Waals surface area contributed by atoms with E-state index in [0.29, 0.717) is 22.0 Å². The Morgan fingerprint density at radius 1 is 1.65 bits per heavy atom. The van der Waals surface area contributed by atoms with Crippen molar-refractivity contribution in [3.63, 3.8) is 0 Å². The van der Waals surface area contributed by atoms with E-state index in [1.807, 2.05) is 0 Å². The van der Waals surface area contributed by atoms with Crippen LogP contribution in [0.5, 0.6) is 0 Å². The van der Waals surface area contributed by atoms with Gasteiger partial charge in [0.05, 0.1) is 0 Å². The molecule has 4 nitrogen and oxygen atoms in total. The highest BCUT2D eigenvalue weighted by Gasteiger charge is 2.34. The van der Waals surface area contributed by atoms with Crippen molar-refractivity contribution in [1.29, 1.82) is 0 Å². The Kier molecular flexibility index (Phi) is 4.06. The van der Waals surface area contributed by atoms with Gasteiger partial charge in [-0.3, -0.25) is 9.69 Å². The Balaban J connectivity index is 2.05. The molecule has 0 aliphatic heterocycles.